The molecule has 0 amide bonds. The number of ether oxygens (including phenoxy) is 2. The van der Waals surface area contributed by atoms with Crippen LogP contribution in [0.2, 0.25) is 4.34 Å². The third kappa shape index (κ3) is 4.16. The average Bonchev–Trinajstić information content (AvgIpc) is 3.04. The molecule has 0 radical (unpaired) electrons. The molecule has 0 spiro atoms. The Hall–Kier alpha value is -1.70. The largest absolute Gasteiger partial charge is 0.487 e. The van der Waals surface area contributed by atoms with Gasteiger partial charge in [-0.3, -0.25) is 4.79 Å². The summed E-state index contributed by atoms with van der Waals surface area (Å²) in [6.07, 6.45) is 4.89. The summed E-state index contributed by atoms with van der Waals surface area (Å²) in [6.45, 7) is 1.74. The van der Waals surface area contributed by atoms with Gasteiger partial charge < -0.3 is 14.6 Å². The van der Waals surface area contributed by atoms with E-state index in [0.717, 1.165) is 24.1 Å². The molecule has 1 N–H and O–H groups in total. The predicted molar refractivity (Wildman–Crippen MR) is 99.4 cm³/mol. The van der Waals surface area contributed by atoms with Crippen molar-refractivity contribution >= 4 is 28.9 Å². The molecule has 0 saturated heterocycles. The molecule has 0 bridgehead atoms. The molecule has 1 aliphatic rings. The van der Waals surface area contributed by atoms with Crippen LogP contribution in [-0.2, 0) is 16.1 Å². The number of aryl methyl sites for hydroxylation is 1. The Balaban J connectivity index is 1.75. The molecule has 1 saturated carbocycles. The zero-order valence-electron chi connectivity index (χ0n) is 14.7. The van der Waals surface area contributed by atoms with Crippen LogP contribution in [0.3, 0.4) is 0 Å². The van der Waals surface area contributed by atoms with Crippen molar-refractivity contribution in [3.63, 3.8) is 0 Å². The molecule has 2 heterocycles. The van der Waals surface area contributed by atoms with Gasteiger partial charge in [-0.15, -0.1) is 11.3 Å². The fourth-order valence-corrected chi connectivity index (χ4v) is 4.40. The summed E-state index contributed by atoms with van der Waals surface area (Å²) in [6, 6.07) is 1.72. The van der Waals surface area contributed by atoms with Gasteiger partial charge in [-0.25, -0.2) is 9.97 Å². The quantitative estimate of drug-likeness (QED) is 0.775. The SMILES string of the molecule is COC(=O)[C@H]1CCC[C@H](Oc2cnc(-c3sc(Cl)cc3CO)nc2C)C1. The van der Waals surface area contributed by atoms with Crippen molar-refractivity contribution in [3.05, 3.63) is 27.9 Å². The van der Waals surface area contributed by atoms with E-state index in [9.17, 15) is 9.90 Å². The van der Waals surface area contributed by atoms with Gasteiger partial charge in [0.2, 0.25) is 0 Å². The van der Waals surface area contributed by atoms with Crippen LogP contribution in [0.5, 0.6) is 5.75 Å². The second kappa shape index (κ2) is 8.33. The van der Waals surface area contributed by atoms with E-state index >= 15 is 0 Å². The smallest absolute Gasteiger partial charge is 0.308 e. The third-order valence-corrected chi connectivity index (χ3v) is 5.84. The van der Waals surface area contributed by atoms with Gasteiger partial charge in [-0.2, -0.15) is 0 Å². The lowest BCUT2D eigenvalue weighted by Gasteiger charge is -2.28. The number of aliphatic hydroxyl groups is 1. The van der Waals surface area contributed by atoms with Crippen LogP contribution in [-0.4, -0.2) is 34.3 Å². The lowest BCUT2D eigenvalue weighted by atomic mass is 9.87. The van der Waals surface area contributed by atoms with Gasteiger partial charge in [0, 0.05) is 5.56 Å². The summed E-state index contributed by atoms with van der Waals surface area (Å²) >= 11 is 7.37. The summed E-state index contributed by atoms with van der Waals surface area (Å²) in [5.41, 5.74) is 1.42. The first-order chi connectivity index (χ1) is 12.5. The number of hydrogen-bond acceptors (Lipinski definition) is 7. The third-order valence-electron chi connectivity index (χ3n) is 4.54. The van der Waals surface area contributed by atoms with Crippen LogP contribution in [0.4, 0.5) is 0 Å². The maximum Gasteiger partial charge on any atom is 0.308 e. The lowest BCUT2D eigenvalue weighted by molar-refractivity contribution is -0.147. The number of aromatic nitrogens is 2. The molecular weight excluding hydrogens is 376 g/mol. The fraction of sp³-hybridized carbons (Fsp3) is 0.500. The van der Waals surface area contributed by atoms with Crippen molar-refractivity contribution < 1.29 is 19.4 Å². The van der Waals surface area contributed by atoms with Crippen LogP contribution in [0.25, 0.3) is 10.7 Å². The number of aliphatic hydroxyl groups excluding tert-OH is 1. The molecule has 0 unspecified atom stereocenters. The number of nitrogens with zero attached hydrogens (tertiary/aromatic N) is 2. The van der Waals surface area contributed by atoms with Gasteiger partial charge in [0.1, 0.15) is 0 Å². The van der Waals surface area contributed by atoms with E-state index in [1.165, 1.54) is 18.4 Å². The van der Waals surface area contributed by atoms with Crippen molar-refractivity contribution in [1.82, 2.24) is 9.97 Å². The van der Waals surface area contributed by atoms with E-state index in [0.29, 0.717) is 33.6 Å². The van der Waals surface area contributed by atoms with Crippen LogP contribution in [0.1, 0.15) is 36.9 Å². The van der Waals surface area contributed by atoms with E-state index in [2.05, 4.69) is 9.97 Å². The Morgan fingerprint density at radius 2 is 2.27 bits per heavy atom. The first kappa shape index (κ1) is 19.1. The molecule has 140 valence electrons. The molecule has 6 nitrogen and oxygen atoms in total. The molecule has 8 heteroatoms. The van der Waals surface area contributed by atoms with E-state index in [-0.39, 0.29) is 24.6 Å². The maximum atomic E-state index is 11.8. The first-order valence-electron chi connectivity index (χ1n) is 8.49. The van der Waals surface area contributed by atoms with Crippen molar-refractivity contribution in [2.24, 2.45) is 5.92 Å². The molecule has 0 aliphatic heterocycles. The van der Waals surface area contributed by atoms with E-state index in [4.69, 9.17) is 21.1 Å². The zero-order valence-corrected chi connectivity index (χ0v) is 16.3. The highest BCUT2D eigenvalue weighted by Gasteiger charge is 2.29. The summed E-state index contributed by atoms with van der Waals surface area (Å²) in [5.74, 6) is 0.844. The minimum atomic E-state index is -0.173. The number of esters is 1. The van der Waals surface area contributed by atoms with Crippen LogP contribution in [0, 0.1) is 12.8 Å². The minimum absolute atomic E-state index is 0.0508. The van der Waals surface area contributed by atoms with E-state index < -0.39 is 0 Å². The summed E-state index contributed by atoms with van der Waals surface area (Å²) < 4.78 is 11.5. The normalized spacial score (nSPS) is 20.0. The Kier molecular flexibility index (Phi) is 6.11. The Bertz CT molecular complexity index is 795. The van der Waals surface area contributed by atoms with Crippen molar-refractivity contribution in [2.75, 3.05) is 7.11 Å². The number of carbonyl (C=O) groups excluding carboxylic acids is 1. The monoisotopic (exact) mass is 396 g/mol. The Morgan fingerprint density at radius 1 is 1.46 bits per heavy atom. The number of hydrogen-bond donors (Lipinski definition) is 1. The Labute approximate surface area is 161 Å². The van der Waals surface area contributed by atoms with Crippen LogP contribution >= 0.6 is 22.9 Å². The van der Waals surface area contributed by atoms with Gasteiger partial charge in [0.05, 0.1) is 46.8 Å². The summed E-state index contributed by atoms with van der Waals surface area (Å²) in [7, 11) is 1.42. The minimum Gasteiger partial charge on any atom is -0.487 e. The predicted octanol–water partition coefficient (Wildman–Crippen LogP) is 3.77. The molecule has 0 aromatic carbocycles. The van der Waals surface area contributed by atoms with Crippen molar-refractivity contribution in [3.8, 4) is 16.5 Å². The number of rotatable bonds is 5. The molecular formula is C18H21ClN2O4S. The molecule has 2 atom stereocenters. The van der Waals surface area contributed by atoms with Crippen LogP contribution in [0.15, 0.2) is 12.3 Å². The highest BCUT2D eigenvalue weighted by Crippen LogP contribution is 2.35. The lowest BCUT2D eigenvalue weighted by Crippen LogP contribution is -2.30. The van der Waals surface area contributed by atoms with Gasteiger partial charge in [0.25, 0.3) is 0 Å². The van der Waals surface area contributed by atoms with Crippen LogP contribution < -0.4 is 4.74 Å². The molecule has 2 aromatic heterocycles. The number of thiophene rings is 1. The standard InChI is InChI=1S/C18H21ClN2O4S/c1-10-14(25-13-5-3-4-11(6-13)18(23)24-2)8-20-17(21-10)16-12(9-22)7-15(19)26-16/h7-8,11,13,22H,3-6,9H2,1-2H3/t11-,13-/m0/s1. The molecule has 3 rings (SSSR count). The number of carbonyl (C=O) groups is 1. The topological polar surface area (TPSA) is 81.5 Å². The van der Waals surface area contributed by atoms with Crippen molar-refractivity contribution in [2.45, 2.75) is 45.3 Å². The molecule has 1 aliphatic carbocycles. The number of methoxy groups -OCH3 is 1. The fourth-order valence-electron chi connectivity index (χ4n) is 3.20. The van der Waals surface area contributed by atoms with Gasteiger partial charge in [-0.1, -0.05) is 11.6 Å². The zero-order chi connectivity index (χ0) is 18.7. The van der Waals surface area contributed by atoms with E-state index in [1.54, 1.807) is 12.3 Å². The molecule has 1 fully saturated rings. The summed E-state index contributed by atoms with van der Waals surface area (Å²) in [4.78, 5) is 21.4. The molecule has 26 heavy (non-hydrogen) atoms. The molecule has 2 aromatic rings. The van der Waals surface area contributed by atoms with Crippen molar-refractivity contribution in [1.29, 1.82) is 0 Å². The second-order valence-corrected chi connectivity index (χ2v) is 8.02. The Morgan fingerprint density at radius 3 is 2.96 bits per heavy atom. The first-order valence-corrected chi connectivity index (χ1v) is 9.68. The van der Waals surface area contributed by atoms with Gasteiger partial charge >= 0.3 is 5.97 Å². The average molecular weight is 397 g/mol. The summed E-state index contributed by atoms with van der Waals surface area (Å²) in [5, 5.41) is 9.45. The highest BCUT2D eigenvalue weighted by molar-refractivity contribution is 7.19. The number of halogens is 1. The highest BCUT2D eigenvalue weighted by atomic mass is 35.5. The van der Waals surface area contributed by atoms with E-state index in [1.807, 2.05) is 6.92 Å². The maximum absolute atomic E-state index is 11.8. The van der Waals surface area contributed by atoms with Gasteiger partial charge in [-0.05, 0) is 38.7 Å². The second-order valence-electron chi connectivity index (χ2n) is 6.33. The van der Waals surface area contributed by atoms with Gasteiger partial charge in [0.15, 0.2) is 11.6 Å².